The molecule has 0 aliphatic rings. The molecule has 2 N–H and O–H groups in total. The Kier molecular flexibility index (Phi) is 42.7. The van der Waals surface area contributed by atoms with Crippen molar-refractivity contribution in [3.63, 3.8) is 0 Å². The van der Waals surface area contributed by atoms with Crippen LogP contribution >= 0.6 is 15.8 Å². The Balaban J connectivity index is -0.000000339. The van der Waals surface area contributed by atoms with Gasteiger partial charge in [-0.1, -0.05) is 182 Å². The van der Waals surface area contributed by atoms with Crippen LogP contribution in [0.25, 0.3) is 0 Å². The summed E-state index contributed by atoms with van der Waals surface area (Å²) in [5.74, 6) is 0. The zero-order chi connectivity index (χ0) is 39.2. The van der Waals surface area contributed by atoms with Gasteiger partial charge in [-0.05, 0) is 47.7 Å². The van der Waals surface area contributed by atoms with Crippen LogP contribution in [0.3, 0.4) is 0 Å². The Morgan fingerprint density at radius 2 is 0.407 bits per heavy atom. The third kappa shape index (κ3) is 22.4. The van der Waals surface area contributed by atoms with Crippen LogP contribution in [0.15, 0.2) is 182 Å². The Labute approximate surface area is 344 Å². The predicted molar refractivity (Wildman–Crippen MR) is 203 cm³/mol. The molecule has 0 unspecified atom stereocenters. The van der Waals surface area contributed by atoms with Gasteiger partial charge in [0.15, 0.2) is 0 Å². The summed E-state index contributed by atoms with van der Waals surface area (Å²) in [5, 5.41) is 22.2. The van der Waals surface area contributed by atoms with Crippen molar-refractivity contribution in [1.29, 1.82) is 0 Å². The van der Waals surface area contributed by atoms with Crippen LogP contribution in [0, 0.1) is 26.6 Å². The first-order chi connectivity index (χ1) is 25.7. The zero-order valence-electron chi connectivity index (χ0n) is 28.4. The third-order valence-corrected chi connectivity index (χ3v) is 11.0. The summed E-state index contributed by atoms with van der Waals surface area (Å²) in [6.07, 6.45) is 0. The minimum absolute atomic E-state index is 0. The molecule has 54 heavy (non-hydrogen) atoms. The molecule has 0 saturated heterocycles. The van der Waals surface area contributed by atoms with Gasteiger partial charge in [0.1, 0.15) is 0 Å². The molecule has 0 atom stereocenters. The van der Waals surface area contributed by atoms with Crippen LogP contribution < -0.4 is 31.8 Å². The molecule has 0 spiro atoms. The van der Waals surface area contributed by atoms with Gasteiger partial charge in [-0.15, -0.1) is 0 Å². The first-order valence-electron chi connectivity index (χ1n) is 14.6. The van der Waals surface area contributed by atoms with Crippen molar-refractivity contribution in [2.24, 2.45) is 0 Å². The van der Waals surface area contributed by atoms with Crippen molar-refractivity contribution >= 4 is 60.6 Å². The molecular formula is C42H34O8P2Ru2. The average Bonchev–Trinajstić information content (AvgIpc) is 3.24. The second-order valence-electron chi connectivity index (χ2n) is 8.89. The van der Waals surface area contributed by atoms with Crippen LogP contribution in [0.2, 0.25) is 0 Å². The Bertz CT molecular complexity index is 1460. The number of carboxylic acid groups (broad SMARTS) is 2. The molecule has 6 aromatic carbocycles. The molecule has 8 nitrogen and oxygen atoms in total. The van der Waals surface area contributed by atoms with Crippen molar-refractivity contribution in [2.45, 2.75) is 0 Å². The van der Waals surface area contributed by atoms with E-state index >= 15 is 0 Å². The molecule has 0 saturated carbocycles. The standard InChI is InChI=1S/2C18H15P.2CH2O2.4CO.2Ru/c2*1-4-10-16(11-5-1)19(17-12-6-2-7-13-17)18-14-8-3-9-15-18;2*2-1-3;4*1-2;;/h2*1-15H;2*1H,(H,2,3);;;;;;. The van der Waals surface area contributed by atoms with Crippen LogP contribution in [0.5, 0.6) is 0 Å². The molecule has 0 aromatic heterocycles. The van der Waals surface area contributed by atoms with Gasteiger partial charge in [-0.2, -0.15) is 0 Å². The Morgan fingerprint density at radius 1 is 0.315 bits per heavy atom. The summed E-state index contributed by atoms with van der Waals surface area (Å²) in [4.78, 5) is 16.7. The van der Waals surface area contributed by atoms with Crippen molar-refractivity contribution in [3.8, 4) is 0 Å². The summed E-state index contributed by atoms with van der Waals surface area (Å²) in [7, 11) is -0.892. The number of hydrogen-bond donors (Lipinski definition) is 2. The molecule has 6 rings (SSSR count). The predicted octanol–water partition coefficient (Wildman–Crippen LogP) is 6.14. The first kappa shape index (κ1) is 56.1. The van der Waals surface area contributed by atoms with Gasteiger partial charge < -0.3 is 10.2 Å². The van der Waals surface area contributed by atoms with Crippen molar-refractivity contribution in [1.82, 2.24) is 0 Å². The molecule has 0 amide bonds. The van der Waals surface area contributed by atoms with Gasteiger partial charge >= 0.3 is 45.2 Å². The maximum Gasteiger partial charge on any atom is 0 e. The second-order valence-corrected chi connectivity index (χ2v) is 13.3. The van der Waals surface area contributed by atoms with Gasteiger partial charge in [0.2, 0.25) is 0 Å². The van der Waals surface area contributed by atoms with E-state index in [9.17, 15) is 0 Å². The number of rotatable bonds is 6. The summed E-state index contributed by atoms with van der Waals surface area (Å²) in [6, 6.07) is 64.7. The minimum atomic E-state index is -0.446. The summed E-state index contributed by atoms with van der Waals surface area (Å²) < 4.78 is 30.0. The number of benzene rings is 6. The quantitative estimate of drug-likeness (QED) is 0.0678. The summed E-state index contributed by atoms with van der Waals surface area (Å²) in [6.45, 7) is 17.5. The van der Waals surface area contributed by atoms with E-state index in [0.29, 0.717) is 0 Å². The van der Waals surface area contributed by atoms with E-state index in [4.69, 9.17) is 38.4 Å². The maximum atomic E-state index is 8.36. The Hall–Kier alpha value is -4.67. The van der Waals surface area contributed by atoms with Gasteiger partial charge in [0.25, 0.3) is 12.9 Å². The van der Waals surface area contributed by atoms with Crippen molar-refractivity contribution < 1.29 is 77.4 Å². The molecule has 0 radical (unpaired) electrons. The van der Waals surface area contributed by atoms with Crippen molar-refractivity contribution in [2.75, 3.05) is 0 Å². The first-order valence-corrected chi connectivity index (χ1v) is 17.3. The normalized spacial score (nSPS) is 8.04. The smallest absolute Gasteiger partial charge is 0 e. The van der Waals surface area contributed by atoms with Gasteiger partial charge in [0.05, 0.1) is 0 Å². The van der Waals surface area contributed by atoms with E-state index in [1.807, 2.05) is 0 Å². The molecule has 0 bridgehead atoms. The zero-order valence-corrected chi connectivity index (χ0v) is 33.7. The molecule has 6 aromatic rings. The van der Waals surface area contributed by atoms with Gasteiger partial charge in [-0.25, -0.2) is 0 Å². The summed E-state index contributed by atoms with van der Waals surface area (Å²) >= 11 is 0. The number of carbonyl (C=O) groups is 2. The molecule has 276 valence electrons. The fraction of sp³-hybridized carbons (Fsp3) is 0. The van der Waals surface area contributed by atoms with E-state index in [2.05, 4.69) is 209 Å². The van der Waals surface area contributed by atoms with Crippen LogP contribution in [-0.4, -0.2) is 23.2 Å². The van der Waals surface area contributed by atoms with Crippen LogP contribution in [0.1, 0.15) is 0 Å². The fourth-order valence-electron chi connectivity index (χ4n) is 4.36. The topological polar surface area (TPSA) is 154 Å². The minimum Gasteiger partial charge on any atom is -0.0622 e. The Morgan fingerprint density at radius 3 is 0.500 bits per heavy atom. The van der Waals surface area contributed by atoms with E-state index in [1.165, 1.54) is 31.8 Å². The molecule has 0 aliphatic heterocycles. The van der Waals surface area contributed by atoms with Crippen molar-refractivity contribution in [3.05, 3.63) is 209 Å². The number of hydrogen-bond acceptors (Lipinski definition) is 2. The van der Waals surface area contributed by atoms with Gasteiger partial charge in [-0.3, -0.25) is 9.59 Å². The monoisotopic (exact) mass is 932 g/mol. The third-order valence-electron chi connectivity index (χ3n) is 6.09. The maximum absolute atomic E-state index is 8.36. The molecule has 12 heteroatoms. The van der Waals surface area contributed by atoms with E-state index < -0.39 is 15.8 Å². The van der Waals surface area contributed by atoms with E-state index in [1.54, 1.807) is 0 Å². The molecule has 0 fully saturated rings. The largest absolute Gasteiger partial charge is 0.0622 e. The molecular weight excluding hydrogens is 897 g/mol. The SMILES string of the molecule is O=CO.O=CO.[C-]#[O+].[C-]#[O+].[C-]#[O+].[C-]#[O+].[Ru].[Ru].c1ccc(P(c2ccccc2)c2ccccc2)cc1.c1ccc(P(c2ccccc2)c2ccccc2)cc1. The van der Waals surface area contributed by atoms with Crippen LogP contribution in [-0.2, 0) is 67.2 Å². The average molecular weight is 931 g/mol. The summed E-state index contributed by atoms with van der Waals surface area (Å²) in [5.41, 5.74) is 0. The van der Waals surface area contributed by atoms with E-state index in [0.717, 1.165) is 0 Å². The fourth-order valence-corrected chi connectivity index (χ4v) is 8.97. The second kappa shape index (κ2) is 41.1. The van der Waals surface area contributed by atoms with Crippen LogP contribution in [0.4, 0.5) is 0 Å². The molecule has 0 aliphatic carbocycles. The van der Waals surface area contributed by atoms with Gasteiger partial charge in [0, 0.05) is 39.0 Å². The molecule has 0 heterocycles. The van der Waals surface area contributed by atoms with E-state index in [-0.39, 0.29) is 51.9 Å².